The normalized spacial score (nSPS) is 42.8. The average molecular weight is 246 g/mol. The van der Waals surface area contributed by atoms with Gasteiger partial charge < -0.3 is 0 Å². The van der Waals surface area contributed by atoms with Gasteiger partial charge in [-0.25, -0.2) is 0 Å². The van der Waals surface area contributed by atoms with Crippen molar-refractivity contribution in [2.45, 2.75) is 65.7 Å². The van der Waals surface area contributed by atoms with Crippen LogP contribution in [0.1, 0.15) is 65.7 Å². The Hall–Kier alpha value is -0.590. The molecule has 2 fully saturated rings. The fourth-order valence-electron chi connectivity index (χ4n) is 4.94. The van der Waals surface area contributed by atoms with E-state index < -0.39 is 0 Å². The summed E-state index contributed by atoms with van der Waals surface area (Å²) < 4.78 is 0. The minimum absolute atomic E-state index is 0.0808. The first-order valence-electron chi connectivity index (χ1n) is 7.69. The quantitative estimate of drug-likeness (QED) is 0.574. The van der Waals surface area contributed by atoms with Gasteiger partial charge in [0.2, 0.25) is 0 Å². The number of fused-ring (bicyclic) bond motifs is 3. The van der Waals surface area contributed by atoms with E-state index in [0.29, 0.717) is 23.0 Å². The highest BCUT2D eigenvalue weighted by atomic mass is 16.1. The number of hydrogen-bond acceptors (Lipinski definition) is 1. The van der Waals surface area contributed by atoms with Crippen LogP contribution in [0.4, 0.5) is 0 Å². The van der Waals surface area contributed by atoms with Crippen LogP contribution in [-0.4, -0.2) is 5.78 Å². The summed E-state index contributed by atoms with van der Waals surface area (Å²) in [6, 6.07) is 0. The molecule has 0 saturated heterocycles. The Morgan fingerprint density at radius 1 is 1.17 bits per heavy atom. The lowest BCUT2D eigenvalue weighted by atomic mass is 9.50. The maximum absolute atomic E-state index is 12.2. The van der Waals surface area contributed by atoms with E-state index in [9.17, 15) is 4.79 Å². The Labute approximate surface area is 111 Å². The third kappa shape index (κ3) is 1.62. The molecule has 0 spiro atoms. The summed E-state index contributed by atoms with van der Waals surface area (Å²) in [4.78, 5) is 12.2. The zero-order valence-corrected chi connectivity index (χ0v) is 12.1. The Bertz CT molecular complexity index is 404. The van der Waals surface area contributed by atoms with Gasteiger partial charge in [0.25, 0.3) is 0 Å². The predicted octanol–water partition coefficient (Wildman–Crippen LogP) is 4.52. The van der Waals surface area contributed by atoms with Crippen molar-refractivity contribution in [3.63, 3.8) is 0 Å². The molecule has 0 aromatic heterocycles. The second-order valence-corrected chi connectivity index (χ2v) is 7.55. The molecule has 0 aromatic rings. The second-order valence-electron chi connectivity index (χ2n) is 7.55. The largest absolute Gasteiger partial charge is 0.299 e. The van der Waals surface area contributed by atoms with Crippen LogP contribution >= 0.6 is 0 Å². The molecule has 3 rings (SSSR count). The molecule has 3 atom stereocenters. The molecule has 3 unspecified atom stereocenters. The summed E-state index contributed by atoms with van der Waals surface area (Å²) in [5.74, 6) is 1.82. The Kier molecular flexibility index (Phi) is 2.73. The molecule has 0 aromatic carbocycles. The lowest BCUT2D eigenvalue weighted by Crippen LogP contribution is -2.48. The van der Waals surface area contributed by atoms with Gasteiger partial charge in [-0.2, -0.15) is 0 Å². The van der Waals surface area contributed by atoms with Crippen molar-refractivity contribution >= 4 is 5.78 Å². The first-order chi connectivity index (χ1) is 8.45. The Balaban J connectivity index is 1.97. The van der Waals surface area contributed by atoms with Crippen LogP contribution in [0.25, 0.3) is 0 Å². The fraction of sp³-hybridized carbons (Fsp3) is 0.824. The predicted molar refractivity (Wildman–Crippen MR) is 74.3 cm³/mol. The van der Waals surface area contributed by atoms with Crippen molar-refractivity contribution in [3.05, 3.63) is 11.6 Å². The van der Waals surface area contributed by atoms with Gasteiger partial charge in [-0.05, 0) is 55.8 Å². The molecule has 1 heteroatoms. The third-order valence-corrected chi connectivity index (χ3v) is 6.21. The number of rotatable bonds is 0. The van der Waals surface area contributed by atoms with Crippen LogP contribution in [-0.2, 0) is 4.79 Å². The van der Waals surface area contributed by atoms with E-state index in [-0.39, 0.29) is 5.41 Å². The Morgan fingerprint density at radius 3 is 2.72 bits per heavy atom. The minimum Gasteiger partial charge on any atom is -0.299 e. The van der Waals surface area contributed by atoms with E-state index in [1.165, 1.54) is 32.1 Å². The van der Waals surface area contributed by atoms with E-state index in [4.69, 9.17) is 0 Å². The van der Waals surface area contributed by atoms with Crippen molar-refractivity contribution in [2.24, 2.45) is 22.7 Å². The lowest BCUT2D eigenvalue weighted by molar-refractivity contribution is -0.136. The lowest BCUT2D eigenvalue weighted by Gasteiger charge is -2.54. The van der Waals surface area contributed by atoms with E-state index in [1.54, 1.807) is 5.57 Å². The highest BCUT2D eigenvalue weighted by Gasteiger charge is 2.51. The minimum atomic E-state index is -0.0808. The Morgan fingerprint density at radius 2 is 1.94 bits per heavy atom. The molecule has 18 heavy (non-hydrogen) atoms. The number of ketones is 1. The van der Waals surface area contributed by atoms with E-state index in [0.717, 1.165) is 12.8 Å². The van der Waals surface area contributed by atoms with Gasteiger partial charge in [0.1, 0.15) is 5.78 Å². The van der Waals surface area contributed by atoms with Crippen LogP contribution < -0.4 is 0 Å². The second kappa shape index (κ2) is 3.95. The van der Waals surface area contributed by atoms with Gasteiger partial charge in [-0.1, -0.05) is 32.4 Å². The summed E-state index contributed by atoms with van der Waals surface area (Å²) in [5, 5.41) is 0. The molecule has 0 aliphatic heterocycles. The van der Waals surface area contributed by atoms with Gasteiger partial charge in [0.05, 0.1) is 0 Å². The van der Waals surface area contributed by atoms with Gasteiger partial charge in [0.15, 0.2) is 0 Å². The van der Waals surface area contributed by atoms with Gasteiger partial charge in [0, 0.05) is 11.8 Å². The van der Waals surface area contributed by atoms with Crippen LogP contribution in [0.2, 0.25) is 0 Å². The highest BCUT2D eigenvalue weighted by Crippen LogP contribution is 2.58. The standard InChI is InChI=1S/C17H26O/c1-16(2)13-9-11-17(3)10-5-4-6-14(17)12(13)7-8-15(16)18/h6,12-13H,4-5,7-11H2,1-3H3. The van der Waals surface area contributed by atoms with Crippen molar-refractivity contribution < 1.29 is 4.79 Å². The summed E-state index contributed by atoms with van der Waals surface area (Å²) in [6.45, 7) is 6.86. The summed E-state index contributed by atoms with van der Waals surface area (Å²) in [6.07, 6.45) is 11.0. The molecular formula is C17H26O. The van der Waals surface area contributed by atoms with Crippen molar-refractivity contribution in [3.8, 4) is 0 Å². The van der Waals surface area contributed by atoms with Crippen LogP contribution in [0, 0.1) is 22.7 Å². The molecule has 0 radical (unpaired) electrons. The first kappa shape index (κ1) is 12.4. The molecule has 0 amide bonds. The summed E-state index contributed by atoms with van der Waals surface area (Å²) in [5.41, 5.74) is 2.11. The topological polar surface area (TPSA) is 17.1 Å². The number of Topliss-reactive ketones (excluding diaryl/α,β-unsaturated/α-hetero) is 1. The maximum Gasteiger partial charge on any atom is 0.138 e. The smallest absolute Gasteiger partial charge is 0.138 e. The molecule has 3 aliphatic carbocycles. The zero-order valence-electron chi connectivity index (χ0n) is 12.1. The summed E-state index contributed by atoms with van der Waals surface area (Å²) in [7, 11) is 0. The van der Waals surface area contributed by atoms with E-state index in [2.05, 4.69) is 26.8 Å². The van der Waals surface area contributed by atoms with Crippen LogP contribution in [0.15, 0.2) is 11.6 Å². The molecule has 0 heterocycles. The number of allylic oxidation sites excluding steroid dienone is 2. The van der Waals surface area contributed by atoms with E-state index in [1.807, 2.05) is 0 Å². The summed E-state index contributed by atoms with van der Waals surface area (Å²) >= 11 is 0. The van der Waals surface area contributed by atoms with E-state index >= 15 is 0 Å². The van der Waals surface area contributed by atoms with Gasteiger partial charge in [-0.3, -0.25) is 4.79 Å². The number of carbonyl (C=O) groups excluding carboxylic acids is 1. The van der Waals surface area contributed by atoms with Gasteiger partial charge >= 0.3 is 0 Å². The maximum atomic E-state index is 12.2. The van der Waals surface area contributed by atoms with Crippen LogP contribution in [0.5, 0.6) is 0 Å². The first-order valence-corrected chi connectivity index (χ1v) is 7.69. The molecular weight excluding hydrogens is 220 g/mol. The third-order valence-electron chi connectivity index (χ3n) is 6.21. The molecule has 100 valence electrons. The average Bonchev–Trinajstić information content (AvgIpc) is 2.33. The van der Waals surface area contributed by atoms with Crippen molar-refractivity contribution in [1.82, 2.24) is 0 Å². The SMILES string of the molecule is CC12CCCC=C1C1CCC(=O)C(C)(C)C1CC2. The van der Waals surface area contributed by atoms with Crippen molar-refractivity contribution in [1.29, 1.82) is 0 Å². The van der Waals surface area contributed by atoms with Crippen molar-refractivity contribution in [2.75, 3.05) is 0 Å². The fourth-order valence-corrected chi connectivity index (χ4v) is 4.94. The molecule has 2 saturated carbocycles. The monoisotopic (exact) mass is 246 g/mol. The molecule has 3 aliphatic rings. The molecule has 0 bridgehead atoms. The molecule has 1 nitrogen and oxygen atoms in total. The van der Waals surface area contributed by atoms with Gasteiger partial charge in [-0.15, -0.1) is 0 Å². The number of carbonyl (C=O) groups is 1. The zero-order chi connectivity index (χ0) is 13.0. The number of hydrogen-bond donors (Lipinski definition) is 0. The highest BCUT2D eigenvalue weighted by molar-refractivity contribution is 5.85. The van der Waals surface area contributed by atoms with Crippen LogP contribution in [0.3, 0.4) is 0 Å². The molecule has 0 N–H and O–H groups in total.